The van der Waals surface area contributed by atoms with E-state index in [1.165, 1.54) is 0 Å². The second kappa shape index (κ2) is 3.70. The molecule has 2 aromatic heterocycles. The van der Waals surface area contributed by atoms with Gasteiger partial charge in [-0.1, -0.05) is 20.8 Å². The number of imidazole rings is 1. The van der Waals surface area contributed by atoms with Crippen LogP contribution in [0.3, 0.4) is 0 Å². The van der Waals surface area contributed by atoms with Gasteiger partial charge in [0.15, 0.2) is 5.65 Å². The van der Waals surface area contributed by atoms with Gasteiger partial charge in [-0.15, -0.1) is 0 Å². The average Bonchev–Trinajstić information content (AvgIpc) is 2.49. The number of pyridine rings is 1. The maximum absolute atomic E-state index is 12.0. The SMILES string of the molecule is CC(C)(C)c1cnc2[nH]c(=O)n(C(C)(C)C)c2c1. The molecule has 2 heterocycles. The fourth-order valence-electron chi connectivity index (χ4n) is 2.06. The first kappa shape index (κ1) is 12.9. The molecule has 0 aromatic carbocycles. The van der Waals surface area contributed by atoms with Crippen molar-refractivity contribution in [2.75, 3.05) is 0 Å². The first-order valence-electron chi connectivity index (χ1n) is 6.22. The summed E-state index contributed by atoms with van der Waals surface area (Å²) in [6, 6.07) is 2.06. The van der Waals surface area contributed by atoms with Gasteiger partial charge in [0, 0.05) is 11.7 Å². The molecule has 0 radical (unpaired) electrons. The fourth-order valence-corrected chi connectivity index (χ4v) is 2.06. The lowest BCUT2D eigenvalue weighted by atomic mass is 9.88. The van der Waals surface area contributed by atoms with Crippen LogP contribution in [0.4, 0.5) is 0 Å². The van der Waals surface area contributed by atoms with Crippen molar-refractivity contribution in [3.63, 3.8) is 0 Å². The summed E-state index contributed by atoms with van der Waals surface area (Å²) in [6.07, 6.45) is 1.84. The van der Waals surface area contributed by atoms with E-state index in [1.807, 2.05) is 27.0 Å². The molecule has 18 heavy (non-hydrogen) atoms. The Morgan fingerprint density at radius 2 is 1.78 bits per heavy atom. The maximum Gasteiger partial charge on any atom is 0.328 e. The first-order valence-corrected chi connectivity index (χ1v) is 6.22. The van der Waals surface area contributed by atoms with E-state index in [9.17, 15) is 4.79 Å². The Morgan fingerprint density at radius 1 is 1.17 bits per heavy atom. The normalized spacial score (nSPS) is 13.2. The average molecular weight is 247 g/mol. The van der Waals surface area contributed by atoms with Gasteiger partial charge in [0.1, 0.15) is 0 Å². The van der Waals surface area contributed by atoms with Crippen LogP contribution in [0, 0.1) is 0 Å². The number of aromatic nitrogens is 3. The van der Waals surface area contributed by atoms with Crippen LogP contribution in [0.15, 0.2) is 17.1 Å². The molecule has 0 aliphatic heterocycles. The predicted octanol–water partition coefficient (Wildman–Crippen LogP) is 2.78. The molecule has 0 spiro atoms. The number of hydrogen-bond donors (Lipinski definition) is 1. The van der Waals surface area contributed by atoms with Gasteiger partial charge < -0.3 is 0 Å². The molecule has 0 saturated carbocycles. The third kappa shape index (κ3) is 2.07. The van der Waals surface area contributed by atoms with Crippen molar-refractivity contribution < 1.29 is 0 Å². The summed E-state index contributed by atoms with van der Waals surface area (Å²) in [5.74, 6) is 0. The smallest absolute Gasteiger partial charge is 0.290 e. The molecule has 98 valence electrons. The molecule has 4 nitrogen and oxygen atoms in total. The molecule has 4 heteroatoms. The van der Waals surface area contributed by atoms with E-state index in [0.29, 0.717) is 5.65 Å². The number of hydrogen-bond acceptors (Lipinski definition) is 2. The Balaban J connectivity index is 2.80. The molecule has 0 saturated heterocycles. The Kier molecular flexibility index (Phi) is 2.65. The van der Waals surface area contributed by atoms with E-state index in [2.05, 4.69) is 36.8 Å². The molecule has 0 fully saturated rings. The van der Waals surface area contributed by atoms with Gasteiger partial charge in [-0.25, -0.2) is 9.78 Å². The maximum atomic E-state index is 12.0. The van der Waals surface area contributed by atoms with Gasteiger partial charge in [0.25, 0.3) is 0 Å². The van der Waals surface area contributed by atoms with Crippen LogP contribution >= 0.6 is 0 Å². The van der Waals surface area contributed by atoms with Gasteiger partial charge in [0.2, 0.25) is 0 Å². The molecule has 1 N–H and O–H groups in total. The van der Waals surface area contributed by atoms with Crippen molar-refractivity contribution in [1.29, 1.82) is 0 Å². The van der Waals surface area contributed by atoms with Crippen molar-refractivity contribution in [3.8, 4) is 0 Å². The lowest BCUT2D eigenvalue weighted by Gasteiger charge is -2.22. The van der Waals surface area contributed by atoms with E-state index in [-0.39, 0.29) is 16.6 Å². The van der Waals surface area contributed by atoms with Gasteiger partial charge in [-0.05, 0) is 37.8 Å². The summed E-state index contributed by atoms with van der Waals surface area (Å²) >= 11 is 0. The third-order valence-corrected chi connectivity index (χ3v) is 3.07. The second-order valence-electron chi connectivity index (χ2n) is 6.78. The number of rotatable bonds is 0. The molecule has 0 amide bonds. The lowest BCUT2D eigenvalue weighted by Crippen LogP contribution is -2.31. The van der Waals surface area contributed by atoms with Gasteiger partial charge >= 0.3 is 5.69 Å². The largest absolute Gasteiger partial charge is 0.328 e. The molecule has 0 aliphatic rings. The van der Waals surface area contributed by atoms with E-state index in [4.69, 9.17) is 0 Å². The Labute approximate surface area is 107 Å². The minimum absolute atomic E-state index is 0.0250. The van der Waals surface area contributed by atoms with E-state index in [1.54, 1.807) is 4.57 Å². The second-order valence-corrected chi connectivity index (χ2v) is 6.78. The number of nitrogens with zero attached hydrogens (tertiary/aromatic N) is 2. The van der Waals surface area contributed by atoms with Crippen molar-refractivity contribution in [2.24, 2.45) is 0 Å². The number of fused-ring (bicyclic) bond motifs is 1. The summed E-state index contributed by atoms with van der Waals surface area (Å²) in [5.41, 5.74) is 2.33. The highest BCUT2D eigenvalue weighted by molar-refractivity contribution is 5.72. The standard InChI is InChI=1S/C14H21N3O/c1-13(2,3)9-7-10-11(15-8-9)16-12(18)17(10)14(4,5)6/h7-8H,1-6H3,(H,15,16,18). The first-order chi connectivity index (χ1) is 8.10. The molecule has 0 aliphatic carbocycles. The van der Waals surface area contributed by atoms with Crippen LogP contribution in [-0.2, 0) is 11.0 Å². The summed E-state index contributed by atoms with van der Waals surface area (Å²) < 4.78 is 1.77. The van der Waals surface area contributed by atoms with E-state index >= 15 is 0 Å². The van der Waals surface area contributed by atoms with Crippen LogP contribution < -0.4 is 5.69 Å². The van der Waals surface area contributed by atoms with Gasteiger partial charge in [-0.2, -0.15) is 0 Å². The Morgan fingerprint density at radius 3 is 2.28 bits per heavy atom. The molecule has 0 atom stereocenters. The minimum Gasteiger partial charge on any atom is -0.290 e. The zero-order valence-corrected chi connectivity index (χ0v) is 12.0. The summed E-state index contributed by atoms with van der Waals surface area (Å²) in [5, 5.41) is 0. The monoisotopic (exact) mass is 247 g/mol. The quantitative estimate of drug-likeness (QED) is 0.778. The van der Waals surface area contributed by atoms with Gasteiger partial charge in [-0.3, -0.25) is 9.55 Å². The third-order valence-electron chi connectivity index (χ3n) is 3.07. The minimum atomic E-state index is -0.256. The fraction of sp³-hybridized carbons (Fsp3) is 0.571. The topological polar surface area (TPSA) is 50.7 Å². The number of aromatic amines is 1. The number of H-pyrrole nitrogens is 1. The highest BCUT2D eigenvalue weighted by Gasteiger charge is 2.22. The van der Waals surface area contributed by atoms with Crippen LogP contribution in [0.2, 0.25) is 0 Å². The van der Waals surface area contributed by atoms with Gasteiger partial charge in [0.05, 0.1) is 5.52 Å². The van der Waals surface area contributed by atoms with Crippen molar-refractivity contribution >= 4 is 11.2 Å². The zero-order chi connectivity index (χ0) is 13.7. The highest BCUT2D eigenvalue weighted by Crippen LogP contribution is 2.25. The molecule has 0 unspecified atom stereocenters. The summed E-state index contributed by atoms with van der Waals surface area (Å²) in [7, 11) is 0. The molecule has 0 bridgehead atoms. The zero-order valence-electron chi connectivity index (χ0n) is 12.0. The van der Waals surface area contributed by atoms with Crippen molar-refractivity contribution in [2.45, 2.75) is 52.5 Å². The van der Waals surface area contributed by atoms with Crippen LogP contribution in [0.25, 0.3) is 11.2 Å². The Hall–Kier alpha value is -1.58. The molecular formula is C14H21N3O. The van der Waals surface area contributed by atoms with Crippen LogP contribution in [-0.4, -0.2) is 14.5 Å². The lowest BCUT2D eigenvalue weighted by molar-refractivity contribution is 0.397. The Bertz CT molecular complexity index is 636. The van der Waals surface area contributed by atoms with Crippen molar-refractivity contribution in [3.05, 3.63) is 28.3 Å². The van der Waals surface area contributed by atoms with E-state index < -0.39 is 0 Å². The van der Waals surface area contributed by atoms with E-state index in [0.717, 1.165) is 11.1 Å². The van der Waals surface area contributed by atoms with Crippen LogP contribution in [0.5, 0.6) is 0 Å². The summed E-state index contributed by atoms with van der Waals surface area (Å²) in [6.45, 7) is 12.5. The predicted molar refractivity (Wildman–Crippen MR) is 74.0 cm³/mol. The molecular weight excluding hydrogens is 226 g/mol. The molecule has 2 aromatic rings. The highest BCUT2D eigenvalue weighted by atomic mass is 16.1. The number of nitrogens with one attached hydrogen (secondary N) is 1. The van der Waals surface area contributed by atoms with Crippen molar-refractivity contribution in [1.82, 2.24) is 14.5 Å². The summed E-state index contributed by atoms with van der Waals surface area (Å²) in [4.78, 5) is 19.2. The molecule has 2 rings (SSSR count). The van der Waals surface area contributed by atoms with Crippen LogP contribution in [0.1, 0.15) is 47.1 Å².